The number of carbonyl (C=O) groups excluding carboxylic acids is 1. The molecular weight excluding hydrogens is 446 g/mol. The Morgan fingerprint density at radius 1 is 1.09 bits per heavy atom. The van der Waals surface area contributed by atoms with Crippen LogP contribution in [0.2, 0.25) is 0 Å². The van der Waals surface area contributed by atoms with Crippen molar-refractivity contribution >= 4 is 15.9 Å². The minimum absolute atomic E-state index is 0.0261. The maximum atomic E-state index is 12.9. The summed E-state index contributed by atoms with van der Waals surface area (Å²) in [5.41, 5.74) is 1.90. The molecule has 33 heavy (non-hydrogen) atoms. The molecule has 1 amide bonds. The summed E-state index contributed by atoms with van der Waals surface area (Å²) in [6, 6.07) is 9.94. The largest absolute Gasteiger partial charge is 0.495 e. The van der Waals surface area contributed by atoms with Gasteiger partial charge in [0.2, 0.25) is 22.7 Å². The number of nitrogens with zero attached hydrogens (tertiary/aromatic N) is 2. The number of piperazine rings is 1. The quantitative estimate of drug-likeness (QED) is 0.652. The number of hydrogen-bond donors (Lipinski definition) is 1. The minimum Gasteiger partial charge on any atom is -0.495 e. The number of aryl methyl sites for hydroxylation is 1. The zero-order chi connectivity index (χ0) is 23.6. The maximum Gasteiger partial charge on any atom is 0.244 e. The molecule has 0 radical (unpaired) electrons. The molecule has 4 rings (SSSR count). The van der Waals surface area contributed by atoms with Crippen molar-refractivity contribution in [3.8, 4) is 17.2 Å². The van der Waals surface area contributed by atoms with Crippen LogP contribution in [0.25, 0.3) is 0 Å². The van der Waals surface area contributed by atoms with E-state index in [0.717, 1.165) is 29.2 Å². The van der Waals surface area contributed by atoms with Crippen LogP contribution >= 0.6 is 0 Å². The smallest absolute Gasteiger partial charge is 0.244 e. The van der Waals surface area contributed by atoms with Crippen molar-refractivity contribution in [2.24, 2.45) is 0 Å². The van der Waals surface area contributed by atoms with Gasteiger partial charge in [-0.2, -0.15) is 4.72 Å². The van der Waals surface area contributed by atoms with Crippen molar-refractivity contribution in [1.82, 2.24) is 14.5 Å². The summed E-state index contributed by atoms with van der Waals surface area (Å²) >= 11 is 0. The first-order chi connectivity index (χ1) is 15.8. The highest BCUT2D eigenvalue weighted by Crippen LogP contribution is 2.33. The van der Waals surface area contributed by atoms with E-state index in [1.54, 1.807) is 30.9 Å². The summed E-state index contributed by atoms with van der Waals surface area (Å²) in [6.45, 7) is 6.83. The molecule has 1 atom stereocenters. The average molecular weight is 476 g/mol. The molecule has 2 aliphatic rings. The van der Waals surface area contributed by atoms with Crippen molar-refractivity contribution in [3.63, 3.8) is 0 Å². The maximum absolute atomic E-state index is 12.9. The van der Waals surface area contributed by atoms with E-state index >= 15 is 0 Å². The van der Waals surface area contributed by atoms with Crippen LogP contribution in [0.5, 0.6) is 17.2 Å². The summed E-state index contributed by atoms with van der Waals surface area (Å²) in [5.74, 6) is 1.51. The molecule has 0 spiro atoms. The molecule has 0 unspecified atom stereocenters. The Labute approximate surface area is 194 Å². The van der Waals surface area contributed by atoms with Gasteiger partial charge in [-0.25, -0.2) is 8.42 Å². The van der Waals surface area contributed by atoms with Crippen LogP contribution in [0.3, 0.4) is 0 Å². The van der Waals surface area contributed by atoms with Crippen LogP contribution in [-0.4, -0.2) is 70.2 Å². The molecule has 2 heterocycles. The topological polar surface area (TPSA) is 97.4 Å². The second-order valence-electron chi connectivity index (χ2n) is 8.29. The van der Waals surface area contributed by atoms with Crippen molar-refractivity contribution in [2.45, 2.75) is 31.3 Å². The highest BCUT2D eigenvalue weighted by atomic mass is 32.2. The van der Waals surface area contributed by atoms with Crippen LogP contribution < -0.4 is 18.9 Å². The van der Waals surface area contributed by atoms with Gasteiger partial charge in [0.05, 0.1) is 13.2 Å². The van der Waals surface area contributed by atoms with Gasteiger partial charge in [0.15, 0.2) is 11.5 Å². The number of nitrogens with one attached hydrogen (secondary N) is 1. The summed E-state index contributed by atoms with van der Waals surface area (Å²) in [6.07, 6.45) is 0. The molecule has 1 saturated heterocycles. The lowest BCUT2D eigenvalue weighted by atomic mass is 10.1. The van der Waals surface area contributed by atoms with Gasteiger partial charge in [-0.15, -0.1) is 0 Å². The molecule has 1 fully saturated rings. The Morgan fingerprint density at radius 3 is 2.55 bits per heavy atom. The van der Waals surface area contributed by atoms with E-state index in [2.05, 4.69) is 9.62 Å². The average Bonchev–Trinajstić information content (AvgIpc) is 3.27. The van der Waals surface area contributed by atoms with Gasteiger partial charge >= 0.3 is 0 Å². The number of sulfonamides is 1. The number of amides is 1. The third-order valence-corrected chi connectivity index (χ3v) is 7.40. The van der Waals surface area contributed by atoms with Crippen molar-refractivity contribution in [2.75, 3.05) is 40.1 Å². The molecule has 2 aliphatic heterocycles. The third kappa shape index (κ3) is 5.23. The molecular formula is C23H29N3O6S. The van der Waals surface area contributed by atoms with Gasteiger partial charge in [0.25, 0.3) is 0 Å². The molecule has 0 aliphatic carbocycles. The van der Waals surface area contributed by atoms with E-state index in [1.807, 2.05) is 18.2 Å². The molecule has 2 aromatic carbocycles. The molecule has 0 aromatic heterocycles. The van der Waals surface area contributed by atoms with Crippen LogP contribution in [0.1, 0.15) is 18.1 Å². The first-order valence-corrected chi connectivity index (χ1v) is 12.3. The van der Waals surface area contributed by atoms with Gasteiger partial charge in [-0.05, 0) is 49.2 Å². The van der Waals surface area contributed by atoms with Gasteiger partial charge in [0, 0.05) is 32.7 Å². The van der Waals surface area contributed by atoms with E-state index in [1.165, 1.54) is 13.2 Å². The number of fused-ring (bicyclic) bond motifs is 1. The highest BCUT2D eigenvalue weighted by Gasteiger charge is 2.30. The summed E-state index contributed by atoms with van der Waals surface area (Å²) in [7, 11) is -2.50. The van der Waals surface area contributed by atoms with E-state index < -0.39 is 16.1 Å². The predicted octanol–water partition coefficient (Wildman–Crippen LogP) is 1.74. The van der Waals surface area contributed by atoms with Gasteiger partial charge in [-0.3, -0.25) is 9.69 Å². The molecule has 2 aromatic rings. The monoisotopic (exact) mass is 475 g/mol. The molecule has 0 bridgehead atoms. The van der Waals surface area contributed by atoms with Crippen LogP contribution in [-0.2, 0) is 21.4 Å². The predicted molar refractivity (Wildman–Crippen MR) is 122 cm³/mol. The standard InChI is InChI=1S/C23H29N3O6S/c1-16-4-6-20(30-3)22(12-16)33(28,29)24-17(2)23(27)26-10-8-25(9-11-26)14-18-5-7-19-21(13-18)32-15-31-19/h4-7,12-13,17,24H,8-11,14-15H2,1-3H3/t17-/m0/s1. The van der Waals surface area contributed by atoms with Gasteiger partial charge in [-0.1, -0.05) is 12.1 Å². The number of hydrogen-bond acceptors (Lipinski definition) is 7. The molecule has 9 nitrogen and oxygen atoms in total. The Morgan fingerprint density at radius 2 is 1.82 bits per heavy atom. The van der Waals surface area contributed by atoms with Crippen LogP contribution in [0.15, 0.2) is 41.3 Å². The second-order valence-corrected chi connectivity index (χ2v) is 9.97. The van der Waals surface area contributed by atoms with Crippen molar-refractivity contribution in [3.05, 3.63) is 47.5 Å². The SMILES string of the molecule is COc1ccc(C)cc1S(=O)(=O)N[C@@H](C)C(=O)N1CCN(Cc2ccc3c(c2)OCO3)CC1. The van der Waals surface area contributed by atoms with Crippen molar-refractivity contribution < 1.29 is 27.4 Å². The first kappa shape index (κ1) is 23.3. The van der Waals surface area contributed by atoms with E-state index in [-0.39, 0.29) is 23.3 Å². The Balaban J connectivity index is 1.33. The lowest BCUT2D eigenvalue weighted by Gasteiger charge is -2.36. The number of benzene rings is 2. The Kier molecular flexibility index (Phi) is 6.78. The minimum atomic E-state index is -3.92. The fourth-order valence-corrected chi connectivity index (χ4v) is 5.49. The number of methoxy groups -OCH3 is 1. The number of ether oxygens (including phenoxy) is 3. The fraction of sp³-hybridized carbons (Fsp3) is 0.435. The Hall–Kier alpha value is -2.82. The van der Waals surface area contributed by atoms with E-state index in [9.17, 15) is 13.2 Å². The zero-order valence-corrected chi connectivity index (χ0v) is 19.9. The van der Waals surface area contributed by atoms with E-state index in [0.29, 0.717) is 26.2 Å². The molecule has 1 N–H and O–H groups in total. The summed E-state index contributed by atoms with van der Waals surface area (Å²) in [4.78, 5) is 16.9. The lowest BCUT2D eigenvalue weighted by molar-refractivity contribution is -0.134. The zero-order valence-electron chi connectivity index (χ0n) is 19.0. The molecule has 10 heteroatoms. The van der Waals surface area contributed by atoms with Crippen LogP contribution in [0.4, 0.5) is 0 Å². The molecule has 0 saturated carbocycles. The third-order valence-electron chi connectivity index (χ3n) is 5.84. The normalized spacial score (nSPS) is 17.1. The van der Waals surface area contributed by atoms with E-state index in [4.69, 9.17) is 14.2 Å². The highest BCUT2D eigenvalue weighted by molar-refractivity contribution is 7.89. The lowest BCUT2D eigenvalue weighted by Crippen LogP contribution is -2.53. The van der Waals surface area contributed by atoms with Gasteiger partial charge in [0.1, 0.15) is 10.6 Å². The second kappa shape index (κ2) is 9.58. The number of carbonyl (C=O) groups is 1. The Bertz CT molecular complexity index is 1130. The fourth-order valence-electron chi connectivity index (χ4n) is 4.04. The van der Waals surface area contributed by atoms with Gasteiger partial charge < -0.3 is 19.1 Å². The summed E-state index contributed by atoms with van der Waals surface area (Å²) in [5, 5.41) is 0. The summed E-state index contributed by atoms with van der Waals surface area (Å²) < 4.78 is 44.3. The first-order valence-electron chi connectivity index (χ1n) is 10.8. The number of rotatable bonds is 7. The van der Waals surface area contributed by atoms with Crippen molar-refractivity contribution in [1.29, 1.82) is 0 Å². The molecule has 178 valence electrons. The van der Waals surface area contributed by atoms with Crippen LogP contribution in [0, 0.1) is 6.92 Å².